The molecule has 1 aliphatic heterocycles. The zero-order valence-corrected chi connectivity index (χ0v) is 13.8. The smallest absolute Gasteiger partial charge is 0.139 e. The zero-order chi connectivity index (χ0) is 16.4. The van der Waals surface area contributed by atoms with Gasteiger partial charge in [-0.15, -0.1) is 10.2 Å². The van der Waals surface area contributed by atoms with Crippen LogP contribution < -0.4 is 4.90 Å². The van der Waals surface area contributed by atoms with Gasteiger partial charge < -0.3 is 9.47 Å². The minimum atomic E-state index is 0.940. The largest absolute Gasteiger partial charge is 0.353 e. The van der Waals surface area contributed by atoms with Gasteiger partial charge >= 0.3 is 0 Å². The van der Waals surface area contributed by atoms with Crippen LogP contribution in [0.15, 0.2) is 36.9 Å². The van der Waals surface area contributed by atoms with Gasteiger partial charge in [0, 0.05) is 44.7 Å². The lowest BCUT2D eigenvalue weighted by atomic mass is 10.2. The molecular weight excluding hydrogens is 302 g/mol. The molecule has 3 aromatic rings. The Morgan fingerprint density at radius 2 is 1.83 bits per heavy atom. The molecule has 0 N–H and O–H groups in total. The number of benzene rings is 1. The summed E-state index contributed by atoms with van der Waals surface area (Å²) in [5, 5.41) is 9.10. The third-order valence-corrected chi connectivity index (χ3v) is 4.66. The van der Waals surface area contributed by atoms with E-state index >= 15 is 0 Å². The quantitative estimate of drug-likeness (QED) is 0.722. The van der Waals surface area contributed by atoms with Crippen LogP contribution in [0.2, 0.25) is 0 Å². The summed E-state index contributed by atoms with van der Waals surface area (Å²) in [5.74, 6) is 2.02. The molecule has 0 radical (unpaired) electrons. The minimum absolute atomic E-state index is 0.940. The molecule has 7 heteroatoms. The second-order valence-corrected chi connectivity index (χ2v) is 6.11. The molecule has 0 amide bonds. The van der Waals surface area contributed by atoms with Crippen molar-refractivity contribution in [1.82, 2.24) is 29.6 Å². The number of para-hydroxylation sites is 1. The Balaban J connectivity index is 1.40. The van der Waals surface area contributed by atoms with Crippen molar-refractivity contribution in [3.8, 4) is 0 Å². The summed E-state index contributed by atoms with van der Waals surface area (Å²) >= 11 is 0. The molecule has 0 atom stereocenters. The molecule has 4 rings (SSSR count). The van der Waals surface area contributed by atoms with Gasteiger partial charge in [-0.2, -0.15) is 0 Å². The summed E-state index contributed by atoms with van der Waals surface area (Å²) in [6.07, 6.45) is 3.47. The average Bonchev–Trinajstić information content (AvgIpc) is 3.05. The van der Waals surface area contributed by atoms with Crippen LogP contribution in [0, 0.1) is 6.92 Å². The fourth-order valence-corrected chi connectivity index (χ4v) is 3.21. The number of fused-ring (bicyclic) bond motifs is 1. The minimum Gasteiger partial charge on any atom is -0.353 e. The summed E-state index contributed by atoms with van der Waals surface area (Å²) in [7, 11) is 0. The van der Waals surface area contributed by atoms with E-state index in [0.717, 1.165) is 61.8 Å². The van der Waals surface area contributed by atoms with Crippen molar-refractivity contribution in [1.29, 1.82) is 0 Å². The molecule has 0 aliphatic carbocycles. The molecule has 0 bridgehead atoms. The van der Waals surface area contributed by atoms with E-state index in [9.17, 15) is 0 Å². The second kappa shape index (κ2) is 6.52. The first-order chi connectivity index (χ1) is 11.8. The van der Waals surface area contributed by atoms with E-state index in [-0.39, 0.29) is 0 Å². The first-order valence-corrected chi connectivity index (χ1v) is 8.33. The molecule has 0 spiro atoms. The van der Waals surface area contributed by atoms with Gasteiger partial charge in [0.1, 0.15) is 24.3 Å². The molecule has 1 saturated heterocycles. The summed E-state index contributed by atoms with van der Waals surface area (Å²) in [4.78, 5) is 13.7. The van der Waals surface area contributed by atoms with E-state index in [2.05, 4.69) is 40.6 Å². The van der Waals surface area contributed by atoms with Gasteiger partial charge in [-0.25, -0.2) is 9.97 Å². The van der Waals surface area contributed by atoms with Crippen LogP contribution in [-0.2, 0) is 6.54 Å². The lowest BCUT2D eigenvalue weighted by Crippen LogP contribution is -2.47. The SMILES string of the molecule is Cc1nncn1CCN1CCN(c2ncnc3ccccc23)CC1. The topological polar surface area (TPSA) is 63.0 Å². The van der Waals surface area contributed by atoms with Crippen LogP contribution in [0.3, 0.4) is 0 Å². The molecule has 7 nitrogen and oxygen atoms in total. The molecule has 1 aliphatic rings. The lowest BCUT2D eigenvalue weighted by molar-refractivity contribution is 0.247. The number of hydrogen-bond donors (Lipinski definition) is 0. The highest BCUT2D eigenvalue weighted by atomic mass is 15.3. The fraction of sp³-hybridized carbons (Fsp3) is 0.412. The number of piperazine rings is 1. The van der Waals surface area contributed by atoms with Crippen molar-refractivity contribution in [3.05, 3.63) is 42.7 Å². The van der Waals surface area contributed by atoms with Gasteiger partial charge in [0.05, 0.1) is 5.52 Å². The third kappa shape index (κ3) is 2.94. The summed E-state index contributed by atoms with van der Waals surface area (Å²) < 4.78 is 2.10. The van der Waals surface area contributed by atoms with Crippen molar-refractivity contribution >= 4 is 16.7 Å². The highest BCUT2D eigenvalue weighted by molar-refractivity contribution is 5.89. The van der Waals surface area contributed by atoms with Gasteiger partial charge in [-0.1, -0.05) is 12.1 Å². The summed E-state index contributed by atoms with van der Waals surface area (Å²) in [5.41, 5.74) is 1.01. The molecule has 1 aromatic carbocycles. The van der Waals surface area contributed by atoms with Crippen LogP contribution in [0.4, 0.5) is 5.82 Å². The molecule has 1 fully saturated rings. The van der Waals surface area contributed by atoms with Crippen molar-refractivity contribution in [2.75, 3.05) is 37.6 Å². The number of aryl methyl sites for hydroxylation is 1. The van der Waals surface area contributed by atoms with Crippen LogP contribution in [0.25, 0.3) is 10.9 Å². The van der Waals surface area contributed by atoms with Gasteiger partial charge in [0.15, 0.2) is 0 Å². The Bertz CT molecular complexity index is 815. The Kier molecular flexibility index (Phi) is 4.08. The van der Waals surface area contributed by atoms with E-state index in [1.54, 1.807) is 12.7 Å². The Hall–Kier alpha value is -2.54. The number of aromatic nitrogens is 5. The van der Waals surface area contributed by atoms with E-state index in [4.69, 9.17) is 0 Å². The summed E-state index contributed by atoms with van der Waals surface area (Å²) in [6, 6.07) is 8.21. The Labute approximate surface area is 141 Å². The van der Waals surface area contributed by atoms with E-state index < -0.39 is 0 Å². The van der Waals surface area contributed by atoms with Crippen LogP contribution in [-0.4, -0.2) is 62.4 Å². The highest BCUT2D eigenvalue weighted by Gasteiger charge is 2.19. The van der Waals surface area contributed by atoms with E-state index in [1.807, 2.05) is 25.1 Å². The predicted octanol–water partition coefficient (Wildman–Crippen LogP) is 1.35. The van der Waals surface area contributed by atoms with Gasteiger partial charge in [-0.3, -0.25) is 4.90 Å². The first-order valence-electron chi connectivity index (χ1n) is 8.33. The lowest BCUT2D eigenvalue weighted by Gasteiger charge is -2.35. The molecule has 0 unspecified atom stereocenters. The Morgan fingerprint density at radius 1 is 1.00 bits per heavy atom. The van der Waals surface area contributed by atoms with Crippen molar-refractivity contribution < 1.29 is 0 Å². The van der Waals surface area contributed by atoms with Gasteiger partial charge in [-0.05, 0) is 19.1 Å². The van der Waals surface area contributed by atoms with Gasteiger partial charge in [0.2, 0.25) is 0 Å². The third-order valence-electron chi connectivity index (χ3n) is 4.66. The van der Waals surface area contributed by atoms with Crippen molar-refractivity contribution in [2.24, 2.45) is 0 Å². The zero-order valence-electron chi connectivity index (χ0n) is 13.8. The normalized spacial score (nSPS) is 16.0. The first kappa shape index (κ1) is 15.0. The number of anilines is 1. The molecule has 0 saturated carbocycles. The monoisotopic (exact) mass is 323 g/mol. The van der Waals surface area contributed by atoms with Gasteiger partial charge in [0.25, 0.3) is 0 Å². The number of hydrogen-bond acceptors (Lipinski definition) is 6. The molecule has 24 heavy (non-hydrogen) atoms. The van der Waals surface area contributed by atoms with Crippen LogP contribution in [0.1, 0.15) is 5.82 Å². The number of rotatable bonds is 4. The molecule has 2 aromatic heterocycles. The standard InChI is InChI=1S/C17H21N7/c1-14-21-20-13-24(14)11-8-22-6-9-23(10-7-22)17-15-4-2-3-5-16(15)18-12-19-17/h2-5,12-13H,6-11H2,1H3. The fourth-order valence-electron chi connectivity index (χ4n) is 3.21. The predicted molar refractivity (Wildman–Crippen MR) is 93.0 cm³/mol. The van der Waals surface area contributed by atoms with Crippen LogP contribution >= 0.6 is 0 Å². The van der Waals surface area contributed by atoms with Crippen molar-refractivity contribution in [3.63, 3.8) is 0 Å². The van der Waals surface area contributed by atoms with Crippen LogP contribution in [0.5, 0.6) is 0 Å². The Morgan fingerprint density at radius 3 is 2.62 bits per heavy atom. The van der Waals surface area contributed by atoms with E-state index in [1.165, 1.54) is 0 Å². The molecule has 3 heterocycles. The van der Waals surface area contributed by atoms with Crippen molar-refractivity contribution in [2.45, 2.75) is 13.5 Å². The average molecular weight is 323 g/mol. The highest BCUT2D eigenvalue weighted by Crippen LogP contribution is 2.23. The molecule has 124 valence electrons. The van der Waals surface area contributed by atoms with E-state index in [0.29, 0.717) is 0 Å². The number of nitrogens with zero attached hydrogens (tertiary/aromatic N) is 7. The molecular formula is C17H21N7. The maximum atomic E-state index is 4.53. The maximum absolute atomic E-state index is 4.53. The second-order valence-electron chi connectivity index (χ2n) is 6.11. The summed E-state index contributed by atoms with van der Waals surface area (Å²) in [6.45, 7) is 8.01. The maximum Gasteiger partial charge on any atom is 0.139 e.